The summed E-state index contributed by atoms with van der Waals surface area (Å²) in [6.07, 6.45) is 0. The summed E-state index contributed by atoms with van der Waals surface area (Å²) in [5, 5.41) is 0. The average Bonchev–Trinajstić information content (AvgIpc) is 1.80. The van der Waals surface area contributed by atoms with Gasteiger partial charge >= 0.3 is 0 Å². The monoisotopic (exact) mass is 223 g/mol. The SMILES string of the molecule is CC(C)C1CN(C(=O)C(C)(Cl)Cl)C1. The molecule has 0 spiro atoms. The third-order valence-corrected chi connectivity index (χ3v) is 2.84. The molecule has 76 valence electrons. The second-order valence-corrected chi connectivity index (χ2v) is 5.81. The predicted octanol–water partition coefficient (Wildman–Crippen LogP) is 2.29. The zero-order chi connectivity index (χ0) is 10.2. The standard InChI is InChI=1S/C9H15Cl2NO/c1-6(2)7-4-12(5-7)8(13)9(3,10)11/h6-7H,4-5H2,1-3H3. The average molecular weight is 224 g/mol. The van der Waals surface area contributed by atoms with E-state index in [2.05, 4.69) is 13.8 Å². The Morgan fingerprint density at radius 2 is 1.92 bits per heavy atom. The van der Waals surface area contributed by atoms with E-state index >= 15 is 0 Å². The minimum Gasteiger partial charge on any atom is -0.339 e. The molecule has 0 aromatic heterocycles. The van der Waals surface area contributed by atoms with Gasteiger partial charge in [-0.25, -0.2) is 0 Å². The van der Waals surface area contributed by atoms with Crippen LogP contribution >= 0.6 is 23.2 Å². The number of alkyl halides is 2. The van der Waals surface area contributed by atoms with Gasteiger partial charge in [0.25, 0.3) is 5.91 Å². The lowest BCUT2D eigenvalue weighted by Gasteiger charge is -2.43. The van der Waals surface area contributed by atoms with E-state index in [0.717, 1.165) is 13.1 Å². The van der Waals surface area contributed by atoms with Crippen LogP contribution in [-0.4, -0.2) is 28.2 Å². The molecule has 0 aromatic carbocycles. The quantitative estimate of drug-likeness (QED) is 0.659. The van der Waals surface area contributed by atoms with Gasteiger partial charge in [-0.1, -0.05) is 37.0 Å². The summed E-state index contributed by atoms with van der Waals surface area (Å²) in [5.74, 6) is 1.06. The highest BCUT2D eigenvalue weighted by Crippen LogP contribution is 2.30. The molecule has 1 heterocycles. The molecule has 1 aliphatic rings. The van der Waals surface area contributed by atoms with Crippen molar-refractivity contribution in [2.24, 2.45) is 11.8 Å². The van der Waals surface area contributed by atoms with Crippen LogP contribution in [0.25, 0.3) is 0 Å². The maximum atomic E-state index is 11.5. The first kappa shape index (κ1) is 11.1. The number of hydrogen-bond donors (Lipinski definition) is 0. The van der Waals surface area contributed by atoms with Crippen molar-refractivity contribution in [2.45, 2.75) is 25.1 Å². The molecule has 2 nitrogen and oxygen atoms in total. The van der Waals surface area contributed by atoms with Crippen LogP contribution in [0, 0.1) is 11.8 Å². The molecule has 4 heteroatoms. The van der Waals surface area contributed by atoms with Crippen LogP contribution in [0.3, 0.4) is 0 Å². The van der Waals surface area contributed by atoms with Gasteiger partial charge < -0.3 is 4.90 Å². The first-order valence-electron chi connectivity index (χ1n) is 4.49. The number of halogens is 2. The summed E-state index contributed by atoms with van der Waals surface area (Å²) in [7, 11) is 0. The van der Waals surface area contributed by atoms with Crippen LogP contribution in [0.1, 0.15) is 20.8 Å². The largest absolute Gasteiger partial charge is 0.339 e. The van der Waals surface area contributed by atoms with Gasteiger partial charge in [0.05, 0.1) is 0 Å². The van der Waals surface area contributed by atoms with Gasteiger partial charge in [-0.15, -0.1) is 0 Å². The van der Waals surface area contributed by atoms with Crippen LogP contribution in [0.4, 0.5) is 0 Å². The van der Waals surface area contributed by atoms with Gasteiger partial charge in [-0.05, 0) is 18.8 Å². The topological polar surface area (TPSA) is 20.3 Å². The fourth-order valence-electron chi connectivity index (χ4n) is 1.38. The molecule has 0 bridgehead atoms. The maximum Gasteiger partial charge on any atom is 0.258 e. The molecule has 0 atom stereocenters. The molecule has 1 amide bonds. The summed E-state index contributed by atoms with van der Waals surface area (Å²) in [6, 6.07) is 0. The number of nitrogens with zero attached hydrogens (tertiary/aromatic N) is 1. The Balaban J connectivity index is 2.40. The second kappa shape index (κ2) is 3.66. The van der Waals surface area contributed by atoms with E-state index in [-0.39, 0.29) is 5.91 Å². The molecule has 1 fully saturated rings. The van der Waals surface area contributed by atoms with Crippen molar-refractivity contribution in [3.63, 3.8) is 0 Å². The molecule has 0 radical (unpaired) electrons. The molecular formula is C9H15Cl2NO. The lowest BCUT2D eigenvalue weighted by atomic mass is 9.88. The molecule has 0 saturated carbocycles. The molecule has 13 heavy (non-hydrogen) atoms. The van der Waals surface area contributed by atoms with Crippen molar-refractivity contribution < 1.29 is 4.79 Å². The van der Waals surface area contributed by atoms with Gasteiger partial charge in [0.2, 0.25) is 0 Å². The number of amides is 1. The van der Waals surface area contributed by atoms with E-state index in [1.807, 2.05) is 0 Å². The number of carbonyl (C=O) groups excluding carboxylic acids is 1. The van der Waals surface area contributed by atoms with Gasteiger partial charge in [0.1, 0.15) is 0 Å². The fourth-order valence-corrected chi connectivity index (χ4v) is 1.62. The van der Waals surface area contributed by atoms with Crippen molar-refractivity contribution in [3.05, 3.63) is 0 Å². The maximum absolute atomic E-state index is 11.5. The van der Waals surface area contributed by atoms with Crippen LogP contribution in [0.5, 0.6) is 0 Å². The van der Waals surface area contributed by atoms with Crippen molar-refractivity contribution in [1.29, 1.82) is 0 Å². The van der Waals surface area contributed by atoms with Crippen molar-refractivity contribution in [1.82, 2.24) is 4.90 Å². The first-order valence-corrected chi connectivity index (χ1v) is 5.25. The number of hydrogen-bond acceptors (Lipinski definition) is 1. The Bertz CT molecular complexity index is 204. The van der Waals surface area contributed by atoms with Crippen molar-refractivity contribution in [2.75, 3.05) is 13.1 Å². The molecule has 0 N–H and O–H groups in total. The normalized spacial score (nSPS) is 19.1. The highest BCUT2D eigenvalue weighted by molar-refractivity contribution is 6.57. The summed E-state index contributed by atoms with van der Waals surface area (Å²) in [4.78, 5) is 13.2. The summed E-state index contributed by atoms with van der Waals surface area (Å²) < 4.78 is -1.26. The third-order valence-electron chi connectivity index (χ3n) is 2.52. The fraction of sp³-hybridized carbons (Fsp3) is 0.889. The minimum absolute atomic E-state index is 0.173. The Hall–Kier alpha value is 0.0500. The summed E-state index contributed by atoms with van der Waals surface area (Å²) in [5.41, 5.74) is 0. The van der Waals surface area contributed by atoms with E-state index in [9.17, 15) is 4.79 Å². The molecule has 0 aliphatic carbocycles. The van der Waals surface area contributed by atoms with E-state index in [1.165, 1.54) is 6.92 Å². The second-order valence-electron chi connectivity index (χ2n) is 4.10. The Morgan fingerprint density at radius 3 is 2.23 bits per heavy atom. The van der Waals surface area contributed by atoms with E-state index in [4.69, 9.17) is 23.2 Å². The lowest BCUT2D eigenvalue weighted by molar-refractivity contribution is -0.138. The highest BCUT2D eigenvalue weighted by atomic mass is 35.5. The Kier molecular flexibility index (Phi) is 3.13. The number of likely N-dealkylation sites (tertiary alicyclic amines) is 1. The van der Waals surface area contributed by atoms with Gasteiger partial charge in [0, 0.05) is 13.1 Å². The van der Waals surface area contributed by atoms with Gasteiger partial charge in [-0.3, -0.25) is 4.79 Å². The molecule has 1 saturated heterocycles. The van der Waals surface area contributed by atoms with Crippen LogP contribution in [-0.2, 0) is 4.79 Å². The van der Waals surface area contributed by atoms with Gasteiger partial charge in [-0.2, -0.15) is 0 Å². The highest BCUT2D eigenvalue weighted by Gasteiger charge is 2.39. The Labute approximate surface area is 89.2 Å². The molecule has 1 rings (SSSR count). The molecule has 0 aromatic rings. The van der Waals surface area contributed by atoms with Crippen LogP contribution in [0.2, 0.25) is 0 Å². The van der Waals surface area contributed by atoms with E-state index in [1.54, 1.807) is 4.90 Å². The zero-order valence-electron chi connectivity index (χ0n) is 8.18. The van der Waals surface area contributed by atoms with Crippen molar-refractivity contribution >= 4 is 29.1 Å². The Morgan fingerprint density at radius 1 is 1.46 bits per heavy atom. The first-order chi connectivity index (χ1) is 5.82. The van der Waals surface area contributed by atoms with Crippen LogP contribution in [0.15, 0.2) is 0 Å². The zero-order valence-corrected chi connectivity index (χ0v) is 9.69. The van der Waals surface area contributed by atoms with Crippen LogP contribution < -0.4 is 0 Å². The van der Waals surface area contributed by atoms with E-state index in [0.29, 0.717) is 11.8 Å². The van der Waals surface area contributed by atoms with Gasteiger partial charge in [0.15, 0.2) is 4.33 Å². The number of rotatable bonds is 2. The number of carbonyl (C=O) groups is 1. The third kappa shape index (κ3) is 2.50. The molecular weight excluding hydrogens is 209 g/mol. The lowest BCUT2D eigenvalue weighted by Crippen LogP contribution is -2.55. The summed E-state index contributed by atoms with van der Waals surface area (Å²) >= 11 is 11.4. The smallest absolute Gasteiger partial charge is 0.258 e. The minimum atomic E-state index is -1.26. The molecule has 1 aliphatic heterocycles. The van der Waals surface area contributed by atoms with E-state index < -0.39 is 4.33 Å². The summed E-state index contributed by atoms with van der Waals surface area (Å²) in [6.45, 7) is 7.43. The molecule has 0 unspecified atom stereocenters. The predicted molar refractivity (Wildman–Crippen MR) is 55.0 cm³/mol. The van der Waals surface area contributed by atoms with Crippen molar-refractivity contribution in [3.8, 4) is 0 Å².